The molecule has 1 aromatic carbocycles. The van der Waals surface area contributed by atoms with Gasteiger partial charge in [-0.25, -0.2) is 9.78 Å². The molecule has 0 aliphatic rings. The van der Waals surface area contributed by atoms with Crippen LogP contribution in [0.3, 0.4) is 0 Å². The van der Waals surface area contributed by atoms with Crippen LogP contribution in [0.1, 0.15) is 39.7 Å². The maximum Gasteiger partial charge on any atom is 0.341 e. The van der Waals surface area contributed by atoms with E-state index in [1.54, 1.807) is 6.92 Å². The molecule has 3 heterocycles. The highest BCUT2D eigenvalue weighted by molar-refractivity contribution is 7.15. The molecule has 6 nitrogen and oxygen atoms in total. The molecular weight excluding hydrogens is 422 g/mol. The van der Waals surface area contributed by atoms with Gasteiger partial charge in [0, 0.05) is 23.3 Å². The number of pyridine rings is 1. The van der Waals surface area contributed by atoms with Gasteiger partial charge in [0.15, 0.2) is 0 Å². The zero-order valence-electron chi connectivity index (χ0n) is 18.6. The number of carbonyl (C=O) groups is 2. The molecule has 0 aliphatic carbocycles. The van der Waals surface area contributed by atoms with E-state index in [-0.39, 0.29) is 18.9 Å². The lowest BCUT2D eigenvalue weighted by Crippen LogP contribution is -2.16. The van der Waals surface area contributed by atoms with Crippen LogP contribution >= 0.6 is 11.3 Å². The van der Waals surface area contributed by atoms with E-state index in [2.05, 4.69) is 10.3 Å². The fraction of sp³-hybridized carbons (Fsp3) is 0.240. The highest BCUT2D eigenvalue weighted by Crippen LogP contribution is 2.37. The van der Waals surface area contributed by atoms with Gasteiger partial charge < -0.3 is 14.5 Å². The maximum absolute atomic E-state index is 12.8. The monoisotopic (exact) mass is 447 g/mol. The van der Waals surface area contributed by atoms with Gasteiger partial charge >= 0.3 is 5.97 Å². The Hall–Kier alpha value is -3.45. The van der Waals surface area contributed by atoms with Crippen molar-refractivity contribution in [2.45, 2.75) is 34.1 Å². The van der Waals surface area contributed by atoms with Crippen molar-refractivity contribution in [1.82, 2.24) is 9.38 Å². The maximum atomic E-state index is 12.8. The molecule has 164 valence electrons. The summed E-state index contributed by atoms with van der Waals surface area (Å²) < 4.78 is 7.19. The number of nitrogens with one attached hydrogen (secondary N) is 1. The molecule has 0 spiro atoms. The van der Waals surface area contributed by atoms with Crippen LogP contribution in [0, 0.1) is 20.8 Å². The lowest BCUT2D eigenvalue weighted by molar-refractivity contribution is -0.115. The molecule has 3 aromatic heterocycles. The van der Waals surface area contributed by atoms with E-state index in [9.17, 15) is 9.59 Å². The number of benzene rings is 1. The Morgan fingerprint density at radius 3 is 2.69 bits per heavy atom. The molecule has 1 N–H and O–H groups in total. The molecule has 0 saturated carbocycles. The fourth-order valence-corrected chi connectivity index (χ4v) is 4.51. The molecule has 32 heavy (non-hydrogen) atoms. The van der Waals surface area contributed by atoms with Crippen LogP contribution < -0.4 is 5.32 Å². The van der Waals surface area contributed by atoms with Crippen molar-refractivity contribution in [2.75, 3.05) is 11.9 Å². The second-order valence-corrected chi connectivity index (χ2v) is 8.68. The molecular formula is C25H25N3O3S. The van der Waals surface area contributed by atoms with Gasteiger partial charge in [-0.05, 0) is 62.1 Å². The number of fused-ring (bicyclic) bond motifs is 1. The number of hydrogen-bond donors (Lipinski definition) is 1. The first-order valence-corrected chi connectivity index (χ1v) is 11.3. The number of aromatic nitrogens is 2. The summed E-state index contributed by atoms with van der Waals surface area (Å²) in [6.45, 7) is 8.11. The normalized spacial score (nSPS) is 11.0. The van der Waals surface area contributed by atoms with Crippen molar-refractivity contribution in [2.24, 2.45) is 0 Å². The molecule has 1 amide bonds. The number of rotatable bonds is 6. The topological polar surface area (TPSA) is 72.7 Å². The van der Waals surface area contributed by atoms with E-state index >= 15 is 0 Å². The largest absolute Gasteiger partial charge is 0.462 e. The van der Waals surface area contributed by atoms with E-state index in [4.69, 9.17) is 4.74 Å². The van der Waals surface area contributed by atoms with Gasteiger partial charge in [0.1, 0.15) is 16.2 Å². The van der Waals surface area contributed by atoms with Crippen LogP contribution in [-0.4, -0.2) is 27.9 Å². The van der Waals surface area contributed by atoms with Gasteiger partial charge in [0.2, 0.25) is 5.91 Å². The van der Waals surface area contributed by atoms with E-state index in [1.807, 2.05) is 73.3 Å². The van der Waals surface area contributed by atoms with Crippen molar-refractivity contribution < 1.29 is 14.3 Å². The Bertz CT molecular complexity index is 1320. The molecule has 0 saturated heterocycles. The highest BCUT2D eigenvalue weighted by Gasteiger charge is 2.23. The summed E-state index contributed by atoms with van der Waals surface area (Å²) >= 11 is 1.32. The van der Waals surface area contributed by atoms with E-state index in [0.29, 0.717) is 16.3 Å². The van der Waals surface area contributed by atoms with Crippen LogP contribution in [0.5, 0.6) is 0 Å². The van der Waals surface area contributed by atoms with Crippen molar-refractivity contribution in [3.63, 3.8) is 0 Å². The van der Waals surface area contributed by atoms with E-state index in [0.717, 1.165) is 27.9 Å². The number of esters is 1. The first-order chi connectivity index (χ1) is 15.4. The Balaban J connectivity index is 1.61. The van der Waals surface area contributed by atoms with Gasteiger partial charge in [-0.15, -0.1) is 11.3 Å². The van der Waals surface area contributed by atoms with Crippen molar-refractivity contribution in [1.29, 1.82) is 0 Å². The summed E-state index contributed by atoms with van der Waals surface area (Å²) in [5.74, 6) is -0.676. The number of amides is 1. The molecule has 4 aromatic rings. The number of ether oxygens (including phenoxy) is 1. The standard InChI is InChI=1S/C25H25N3O3S/c1-5-31-25(30)23-20(18-7-6-16(3)17(4)11-18)14-32-24(23)27-22(29)12-19-13-28-9-8-15(2)10-21(28)26-19/h6-11,13-14H,5,12H2,1-4H3,(H,27,29). The van der Waals surface area contributed by atoms with Crippen molar-refractivity contribution in [3.8, 4) is 11.1 Å². The first kappa shape index (κ1) is 21.8. The summed E-state index contributed by atoms with van der Waals surface area (Å²) in [5.41, 5.74) is 6.95. The second kappa shape index (κ2) is 8.96. The number of hydrogen-bond acceptors (Lipinski definition) is 5. The zero-order chi connectivity index (χ0) is 22.8. The molecule has 4 rings (SSSR count). The van der Waals surface area contributed by atoms with Crippen molar-refractivity contribution >= 4 is 33.9 Å². The van der Waals surface area contributed by atoms with Crippen LogP contribution in [0.15, 0.2) is 48.1 Å². The minimum Gasteiger partial charge on any atom is -0.462 e. The van der Waals surface area contributed by atoms with Gasteiger partial charge in [-0.2, -0.15) is 0 Å². The molecule has 0 atom stereocenters. The third-order valence-electron chi connectivity index (χ3n) is 5.35. The molecule has 0 aliphatic heterocycles. The average molecular weight is 448 g/mol. The highest BCUT2D eigenvalue weighted by atomic mass is 32.1. The SMILES string of the molecule is CCOC(=O)c1c(-c2ccc(C)c(C)c2)csc1NC(=O)Cc1cn2ccc(C)cc2n1. The minimum absolute atomic E-state index is 0.111. The number of thiophene rings is 1. The molecule has 0 radical (unpaired) electrons. The number of anilines is 1. The molecule has 0 fully saturated rings. The number of carbonyl (C=O) groups excluding carboxylic acids is 2. The average Bonchev–Trinajstić information content (AvgIpc) is 3.33. The summed E-state index contributed by atoms with van der Waals surface area (Å²) in [5, 5.41) is 5.28. The molecule has 0 unspecified atom stereocenters. The number of nitrogens with zero attached hydrogens (tertiary/aromatic N) is 2. The van der Waals surface area contributed by atoms with Gasteiger partial charge in [-0.1, -0.05) is 18.2 Å². The predicted octanol–water partition coefficient (Wildman–Crippen LogP) is 5.35. The van der Waals surface area contributed by atoms with Crippen LogP contribution in [0.2, 0.25) is 0 Å². The second-order valence-electron chi connectivity index (χ2n) is 7.80. The van der Waals surface area contributed by atoms with Crippen LogP contribution in [-0.2, 0) is 16.0 Å². The predicted molar refractivity (Wildman–Crippen MR) is 127 cm³/mol. The lowest BCUT2D eigenvalue weighted by atomic mass is 9.99. The Morgan fingerprint density at radius 1 is 1.12 bits per heavy atom. The number of aryl methyl sites for hydroxylation is 3. The Kier molecular flexibility index (Phi) is 6.10. The zero-order valence-corrected chi connectivity index (χ0v) is 19.4. The van der Waals surface area contributed by atoms with Crippen LogP contribution in [0.4, 0.5) is 5.00 Å². The molecule has 7 heteroatoms. The minimum atomic E-state index is -0.444. The summed E-state index contributed by atoms with van der Waals surface area (Å²) in [7, 11) is 0. The van der Waals surface area contributed by atoms with Crippen LogP contribution in [0.25, 0.3) is 16.8 Å². The molecule has 0 bridgehead atoms. The van der Waals surface area contributed by atoms with Gasteiger partial charge in [0.25, 0.3) is 0 Å². The van der Waals surface area contributed by atoms with Gasteiger partial charge in [-0.3, -0.25) is 4.79 Å². The summed E-state index contributed by atoms with van der Waals surface area (Å²) in [4.78, 5) is 30.1. The van der Waals surface area contributed by atoms with Crippen molar-refractivity contribution in [3.05, 3.63) is 76.1 Å². The van der Waals surface area contributed by atoms with E-state index in [1.165, 1.54) is 16.9 Å². The third kappa shape index (κ3) is 4.43. The Morgan fingerprint density at radius 2 is 1.94 bits per heavy atom. The Labute approximate surface area is 190 Å². The first-order valence-electron chi connectivity index (χ1n) is 10.5. The van der Waals surface area contributed by atoms with Gasteiger partial charge in [0.05, 0.1) is 18.7 Å². The fourth-order valence-electron chi connectivity index (χ4n) is 3.53. The number of imidazole rings is 1. The lowest BCUT2D eigenvalue weighted by Gasteiger charge is -2.09. The quantitative estimate of drug-likeness (QED) is 0.405. The summed E-state index contributed by atoms with van der Waals surface area (Å²) in [6, 6.07) is 10.0. The summed E-state index contributed by atoms with van der Waals surface area (Å²) in [6.07, 6.45) is 3.88. The van der Waals surface area contributed by atoms with E-state index < -0.39 is 5.97 Å². The third-order valence-corrected chi connectivity index (χ3v) is 6.24. The smallest absolute Gasteiger partial charge is 0.341 e.